The minimum absolute atomic E-state index is 0.172. The van der Waals surface area contributed by atoms with Crippen LogP contribution in [-0.2, 0) is 7.05 Å². The standard InChI is InChI=1S/C16H16N4O/c1-10-4-5-12(9-17-10)16(21)19-13-6-7-15-14(8-13)18-11(2)20(15)3/h4-9H,1-3H3,(H,19,21). The number of imidazole rings is 1. The summed E-state index contributed by atoms with van der Waals surface area (Å²) in [5.41, 5.74) is 4.07. The van der Waals surface area contributed by atoms with Gasteiger partial charge in [0.25, 0.3) is 5.91 Å². The summed E-state index contributed by atoms with van der Waals surface area (Å²) < 4.78 is 2.02. The van der Waals surface area contributed by atoms with E-state index in [1.807, 2.05) is 49.7 Å². The summed E-state index contributed by atoms with van der Waals surface area (Å²) in [5.74, 6) is 0.769. The molecule has 0 bridgehead atoms. The molecule has 2 heterocycles. The second kappa shape index (κ2) is 5.01. The Bertz CT molecular complexity index is 818. The van der Waals surface area contributed by atoms with Crippen molar-refractivity contribution in [1.29, 1.82) is 0 Å². The second-order valence-corrected chi connectivity index (χ2v) is 5.06. The fraction of sp³-hybridized carbons (Fsp3) is 0.188. The third-order valence-corrected chi connectivity index (χ3v) is 3.54. The zero-order valence-electron chi connectivity index (χ0n) is 12.2. The summed E-state index contributed by atoms with van der Waals surface area (Å²) in [5, 5.41) is 2.87. The van der Waals surface area contributed by atoms with Gasteiger partial charge in [0, 0.05) is 24.6 Å². The first-order valence-corrected chi connectivity index (χ1v) is 6.71. The summed E-state index contributed by atoms with van der Waals surface area (Å²) in [6, 6.07) is 9.30. The highest BCUT2D eigenvalue weighted by Crippen LogP contribution is 2.19. The zero-order valence-corrected chi connectivity index (χ0v) is 12.2. The van der Waals surface area contributed by atoms with Crippen LogP contribution in [0.2, 0.25) is 0 Å². The van der Waals surface area contributed by atoms with E-state index in [0.717, 1.165) is 28.2 Å². The van der Waals surface area contributed by atoms with Gasteiger partial charge in [0.2, 0.25) is 0 Å². The Morgan fingerprint density at radius 3 is 2.71 bits per heavy atom. The number of carbonyl (C=O) groups is 1. The normalized spacial score (nSPS) is 10.8. The molecular formula is C16H16N4O. The van der Waals surface area contributed by atoms with Crippen LogP contribution in [0.15, 0.2) is 36.5 Å². The molecule has 0 atom stereocenters. The summed E-state index contributed by atoms with van der Waals surface area (Å²) in [6.07, 6.45) is 1.58. The molecule has 5 nitrogen and oxygen atoms in total. The molecule has 0 saturated carbocycles. The van der Waals surface area contributed by atoms with Gasteiger partial charge in [-0.15, -0.1) is 0 Å². The molecule has 1 N–H and O–H groups in total. The lowest BCUT2D eigenvalue weighted by Crippen LogP contribution is -2.12. The zero-order chi connectivity index (χ0) is 15.0. The predicted molar refractivity (Wildman–Crippen MR) is 82.4 cm³/mol. The van der Waals surface area contributed by atoms with E-state index in [1.165, 1.54) is 0 Å². The minimum atomic E-state index is -0.172. The van der Waals surface area contributed by atoms with Gasteiger partial charge >= 0.3 is 0 Å². The van der Waals surface area contributed by atoms with E-state index in [9.17, 15) is 4.79 Å². The number of aromatic nitrogens is 3. The first-order chi connectivity index (χ1) is 10.0. The van der Waals surface area contributed by atoms with Gasteiger partial charge in [-0.3, -0.25) is 9.78 Å². The molecule has 1 amide bonds. The Hall–Kier alpha value is -2.69. The van der Waals surface area contributed by atoms with Gasteiger partial charge in [-0.25, -0.2) is 4.98 Å². The van der Waals surface area contributed by atoms with Gasteiger partial charge in [-0.2, -0.15) is 0 Å². The smallest absolute Gasteiger partial charge is 0.257 e. The fourth-order valence-electron chi connectivity index (χ4n) is 2.20. The van der Waals surface area contributed by atoms with Crippen molar-refractivity contribution in [3.8, 4) is 0 Å². The average molecular weight is 280 g/mol. The number of anilines is 1. The molecule has 2 aromatic heterocycles. The lowest BCUT2D eigenvalue weighted by Gasteiger charge is -2.05. The Morgan fingerprint density at radius 1 is 1.19 bits per heavy atom. The highest BCUT2D eigenvalue weighted by atomic mass is 16.1. The van der Waals surface area contributed by atoms with Crippen molar-refractivity contribution >= 4 is 22.6 Å². The second-order valence-electron chi connectivity index (χ2n) is 5.06. The maximum Gasteiger partial charge on any atom is 0.257 e. The lowest BCUT2D eigenvalue weighted by atomic mass is 10.2. The van der Waals surface area contributed by atoms with Crippen molar-refractivity contribution in [3.05, 3.63) is 53.6 Å². The number of nitrogens with one attached hydrogen (secondary N) is 1. The molecule has 0 aliphatic carbocycles. The molecule has 5 heteroatoms. The quantitative estimate of drug-likeness (QED) is 0.785. The molecule has 1 aromatic carbocycles. The number of carbonyl (C=O) groups excluding carboxylic acids is 1. The summed E-state index contributed by atoms with van der Waals surface area (Å²) >= 11 is 0. The number of nitrogens with zero attached hydrogens (tertiary/aromatic N) is 3. The van der Waals surface area contributed by atoms with E-state index < -0.39 is 0 Å². The number of aryl methyl sites for hydroxylation is 3. The largest absolute Gasteiger partial charge is 0.331 e. The minimum Gasteiger partial charge on any atom is -0.331 e. The van der Waals surface area contributed by atoms with Crippen molar-refractivity contribution in [2.45, 2.75) is 13.8 Å². The first kappa shape index (κ1) is 13.3. The molecule has 21 heavy (non-hydrogen) atoms. The molecule has 0 radical (unpaired) electrons. The van der Waals surface area contributed by atoms with Crippen LogP contribution in [0.4, 0.5) is 5.69 Å². The van der Waals surface area contributed by atoms with Crippen molar-refractivity contribution < 1.29 is 4.79 Å². The van der Waals surface area contributed by atoms with Gasteiger partial charge in [0.05, 0.1) is 16.6 Å². The number of hydrogen-bond donors (Lipinski definition) is 1. The van der Waals surface area contributed by atoms with Crippen LogP contribution in [-0.4, -0.2) is 20.4 Å². The van der Waals surface area contributed by atoms with Gasteiger partial charge in [0.15, 0.2) is 0 Å². The van der Waals surface area contributed by atoms with Gasteiger partial charge < -0.3 is 9.88 Å². The molecule has 0 fully saturated rings. The van der Waals surface area contributed by atoms with Crippen LogP contribution >= 0.6 is 0 Å². The van der Waals surface area contributed by atoms with Crippen molar-refractivity contribution in [1.82, 2.24) is 14.5 Å². The Morgan fingerprint density at radius 2 is 2.00 bits per heavy atom. The van der Waals surface area contributed by atoms with Crippen LogP contribution in [0.5, 0.6) is 0 Å². The van der Waals surface area contributed by atoms with E-state index in [-0.39, 0.29) is 5.91 Å². The first-order valence-electron chi connectivity index (χ1n) is 6.71. The molecule has 3 aromatic rings. The maximum atomic E-state index is 12.2. The molecule has 0 spiro atoms. The molecule has 106 valence electrons. The van der Waals surface area contributed by atoms with E-state index in [1.54, 1.807) is 12.3 Å². The number of rotatable bonds is 2. The van der Waals surface area contributed by atoms with Gasteiger partial charge in [-0.1, -0.05) is 0 Å². The van der Waals surface area contributed by atoms with E-state index in [4.69, 9.17) is 0 Å². The van der Waals surface area contributed by atoms with E-state index in [0.29, 0.717) is 5.56 Å². The molecule has 0 saturated heterocycles. The third kappa shape index (κ3) is 2.50. The van der Waals surface area contributed by atoms with E-state index >= 15 is 0 Å². The highest BCUT2D eigenvalue weighted by molar-refractivity contribution is 6.04. The Kier molecular flexibility index (Phi) is 3.17. The number of benzene rings is 1. The fourth-order valence-corrected chi connectivity index (χ4v) is 2.20. The lowest BCUT2D eigenvalue weighted by molar-refractivity contribution is 0.102. The molecule has 0 aliphatic heterocycles. The summed E-state index contributed by atoms with van der Waals surface area (Å²) in [7, 11) is 1.97. The van der Waals surface area contributed by atoms with Crippen LogP contribution in [0, 0.1) is 13.8 Å². The van der Waals surface area contributed by atoms with Crippen molar-refractivity contribution in [2.24, 2.45) is 7.05 Å². The van der Waals surface area contributed by atoms with Crippen LogP contribution in [0.25, 0.3) is 11.0 Å². The molecular weight excluding hydrogens is 264 g/mol. The predicted octanol–water partition coefficient (Wildman–Crippen LogP) is 2.84. The number of fused-ring (bicyclic) bond motifs is 1. The number of hydrogen-bond acceptors (Lipinski definition) is 3. The van der Waals surface area contributed by atoms with E-state index in [2.05, 4.69) is 15.3 Å². The van der Waals surface area contributed by atoms with Crippen molar-refractivity contribution in [2.75, 3.05) is 5.32 Å². The van der Waals surface area contributed by atoms with Gasteiger partial charge in [0.1, 0.15) is 5.82 Å². The summed E-state index contributed by atoms with van der Waals surface area (Å²) in [4.78, 5) is 20.8. The monoisotopic (exact) mass is 280 g/mol. The van der Waals surface area contributed by atoms with Gasteiger partial charge in [-0.05, 0) is 44.2 Å². The Balaban J connectivity index is 1.87. The van der Waals surface area contributed by atoms with Crippen LogP contribution in [0.3, 0.4) is 0 Å². The topological polar surface area (TPSA) is 59.8 Å². The molecule has 0 unspecified atom stereocenters. The van der Waals surface area contributed by atoms with Crippen LogP contribution < -0.4 is 5.32 Å². The number of amides is 1. The highest BCUT2D eigenvalue weighted by Gasteiger charge is 2.09. The number of pyridine rings is 1. The van der Waals surface area contributed by atoms with Crippen molar-refractivity contribution in [3.63, 3.8) is 0 Å². The third-order valence-electron chi connectivity index (χ3n) is 3.54. The molecule has 3 rings (SSSR count). The Labute approximate surface area is 122 Å². The average Bonchev–Trinajstić information content (AvgIpc) is 2.74. The summed E-state index contributed by atoms with van der Waals surface area (Å²) in [6.45, 7) is 3.84. The molecule has 0 aliphatic rings. The maximum absolute atomic E-state index is 12.2. The van der Waals surface area contributed by atoms with Crippen LogP contribution in [0.1, 0.15) is 21.9 Å². The SMILES string of the molecule is Cc1ccc(C(=O)Nc2ccc3c(c2)nc(C)n3C)cn1.